The van der Waals surface area contributed by atoms with Crippen molar-refractivity contribution >= 4 is 0 Å². The van der Waals surface area contributed by atoms with Gasteiger partial charge in [-0.2, -0.15) is 0 Å². The minimum atomic E-state index is -0.111. The maximum Gasteiger partial charge on any atom is 0.124 e. The van der Waals surface area contributed by atoms with Crippen LogP contribution in [0.4, 0.5) is 0 Å². The van der Waals surface area contributed by atoms with Crippen molar-refractivity contribution in [2.75, 3.05) is 13.1 Å². The molecule has 2 N–H and O–H groups in total. The zero-order valence-electron chi connectivity index (χ0n) is 13.8. The molecule has 0 aliphatic rings. The summed E-state index contributed by atoms with van der Waals surface area (Å²) < 4.78 is 5.91. The van der Waals surface area contributed by atoms with Gasteiger partial charge in [0, 0.05) is 11.1 Å². The van der Waals surface area contributed by atoms with E-state index in [1.165, 1.54) is 0 Å². The topological polar surface area (TPSA) is 38.5 Å². The summed E-state index contributed by atoms with van der Waals surface area (Å²) in [6.45, 7) is 14.8. The van der Waals surface area contributed by atoms with Crippen molar-refractivity contribution in [3.63, 3.8) is 0 Å². The lowest BCUT2D eigenvalue weighted by Gasteiger charge is -2.42. The van der Waals surface area contributed by atoms with Crippen LogP contribution >= 0.6 is 0 Å². The van der Waals surface area contributed by atoms with E-state index in [9.17, 15) is 0 Å². The molecule has 1 aromatic rings. The Morgan fingerprint density at radius 1 is 1.15 bits per heavy atom. The van der Waals surface area contributed by atoms with Crippen LogP contribution in [-0.2, 0) is 0 Å². The van der Waals surface area contributed by atoms with Gasteiger partial charge in [-0.25, -0.2) is 0 Å². The molecule has 1 aromatic carbocycles. The zero-order chi connectivity index (χ0) is 15.3. The minimum Gasteiger partial charge on any atom is -0.491 e. The Balaban J connectivity index is 3.10. The van der Waals surface area contributed by atoms with Crippen molar-refractivity contribution in [3.8, 4) is 5.75 Å². The van der Waals surface area contributed by atoms with Gasteiger partial charge in [0.25, 0.3) is 0 Å². The fraction of sp³-hybridized carbons (Fsp3) is 0.647. The van der Waals surface area contributed by atoms with E-state index in [1.54, 1.807) is 0 Å². The predicted molar refractivity (Wildman–Crippen MR) is 86.1 cm³/mol. The SMILES string of the molecule is CCN(CC)C(C)(C)C(N)c1ccccc1OC(C)C. The highest BCUT2D eigenvalue weighted by molar-refractivity contribution is 5.37. The number of nitrogens with two attached hydrogens (primary N) is 1. The largest absolute Gasteiger partial charge is 0.491 e. The number of nitrogens with zero attached hydrogens (tertiary/aromatic N) is 1. The van der Waals surface area contributed by atoms with Gasteiger partial charge in [0.15, 0.2) is 0 Å². The number of likely N-dealkylation sites (N-methyl/N-ethyl adjacent to an activating group) is 1. The lowest BCUT2D eigenvalue weighted by molar-refractivity contribution is 0.104. The Morgan fingerprint density at radius 2 is 1.70 bits per heavy atom. The van der Waals surface area contributed by atoms with Crippen LogP contribution in [0.5, 0.6) is 5.75 Å². The Kier molecular flexibility index (Phi) is 6.03. The van der Waals surface area contributed by atoms with Crippen molar-refractivity contribution < 1.29 is 4.74 Å². The third-order valence-corrected chi connectivity index (χ3v) is 3.96. The normalized spacial score (nSPS) is 13.8. The van der Waals surface area contributed by atoms with Crippen LogP contribution in [0.2, 0.25) is 0 Å². The average molecular weight is 278 g/mol. The van der Waals surface area contributed by atoms with Crippen LogP contribution < -0.4 is 10.5 Å². The van der Waals surface area contributed by atoms with Crippen molar-refractivity contribution in [3.05, 3.63) is 29.8 Å². The molecule has 0 aliphatic heterocycles. The van der Waals surface area contributed by atoms with E-state index in [2.05, 4.69) is 38.7 Å². The Hall–Kier alpha value is -1.06. The third-order valence-electron chi connectivity index (χ3n) is 3.96. The van der Waals surface area contributed by atoms with Gasteiger partial charge in [-0.3, -0.25) is 4.90 Å². The summed E-state index contributed by atoms with van der Waals surface area (Å²) in [5, 5.41) is 0. The van der Waals surface area contributed by atoms with Gasteiger partial charge in [-0.05, 0) is 46.9 Å². The van der Waals surface area contributed by atoms with Gasteiger partial charge >= 0.3 is 0 Å². The molecular formula is C17H30N2O. The first-order chi connectivity index (χ1) is 9.34. The second-order valence-corrected chi connectivity index (χ2v) is 6.01. The first kappa shape index (κ1) is 17.0. The van der Waals surface area contributed by atoms with Crippen molar-refractivity contribution in [2.45, 2.75) is 59.2 Å². The average Bonchev–Trinajstić information content (AvgIpc) is 2.39. The zero-order valence-corrected chi connectivity index (χ0v) is 13.8. The summed E-state index contributed by atoms with van der Waals surface area (Å²) >= 11 is 0. The molecule has 1 atom stereocenters. The van der Waals surface area contributed by atoms with E-state index in [4.69, 9.17) is 10.5 Å². The maximum absolute atomic E-state index is 6.58. The highest BCUT2D eigenvalue weighted by Crippen LogP contribution is 2.34. The summed E-state index contributed by atoms with van der Waals surface area (Å²) in [5.74, 6) is 0.898. The summed E-state index contributed by atoms with van der Waals surface area (Å²) in [4.78, 5) is 2.39. The first-order valence-electron chi connectivity index (χ1n) is 7.60. The fourth-order valence-corrected chi connectivity index (χ4v) is 2.71. The van der Waals surface area contributed by atoms with E-state index in [-0.39, 0.29) is 17.7 Å². The molecular weight excluding hydrogens is 248 g/mol. The highest BCUT2D eigenvalue weighted by Gasteiger charge is 2.34. The molecule has 0 bridgehead atoms. The monoisotopic (exact) mass is 278 g/mol. The summed E-state index contributed by atoms with van der Waals surface area (Å²) in [6, 6.07) is 8.03. The predicted octanol–water partition coefficient (Wildman–Crippen LogP) is 3.59. The summed E-state index contributed by atoms with van der Waals surface area (Å²) in [7, 11) is 0. The molecule has 3 heteroatoms. The first-order valence-corrected chi connectivity index (χ1v) is 7.60. The molecule has 0 aromatic heterocycles. The van der Waals surface area contributed by atoms with Crippen LogP contribution in [0.3, 0.4) is 0 Å². The highest BCUT2D eigenvalue weighted by atomic mass is 16.5. The Bertz CT molecular complexity index is 411. The van der Waals surface area contributed by atoms with E-state index >= 15 is 0 Å². The third kappa shape index (κ3) is 3.74. The lowest BCUT2D eigenvalue weighted by atomic mass is 9.87. The number of para-hydroxylation sites is 1. The Labute approximate surface area is 124 Å². The van der Waals surface area contributed by atoms with Crippen LogP contribution in [0.1, 0.15) is 53.1 Å². The molecule has 20 heavy (non-hydrogen) atoms. The maximum atomic E-state index is 6.58. The van der Waals surface area contributed by atoms with Crippen LogP contribution in [0, 0.1) is 0 Å². The fourth-order valence-electron chi connectivity index (χ4n) is 2.71. The number of hydrogen-bond acceptors (Lipinski definition) is 3. The molecule has 3 nitrogen and oxygen atoms in total. The standard InChI is InChI=1S/C17H30N2O/c1-7-19(8-2)17(5,6)16(18)14-11-9-10-12-15(14)20-13(3)4/h9-13,16H,7-8,18H2,1-6H3. The summed E-state index contributed by atoms with van der Waals surface area (Å²) in [6.07, 6.45) is 0.153. The molecule has 0 saturated carbocycles. The smallest absolute Gasteiger partial charge is 0.124 e. The van der Waals surface area contributed by atoms with Gasteiger partial charge in [0.1, 0.15) is 5.75 Å². The number of hydrogen-bond donors (Lipinski definition) is 1. The van der Waals surface area contributed by atoms with Gasteiger partial charge in [-0.15, -0.1) is 0 Å². The molecule has 1 unspecified atom stereocenters. The van der Waals surface area contributed by atoms with E-state index in [0.717, 1.165) is 24.4 Å². The second kappa shape index (κ2) is 7.09. The van der Waals surface area contributed by atoms with Gasteiger partial charge in [0.05, 0.1) is 12.1 Å². The minimum absolute atomic E-state index is 0.0858. The van der Waals surface area contributed by atoms with Crippen molar-refractivity contribution in [2.24, 2.45) is 5.73 Å². The van der Waals surface area contributed by atoms with E-state index in [0.29, 0.717) is 0 Å². The molecule has 0 heterocycles. The number of rotatable bonds is 7. The number of benzene rings is 1. The van der Waals surface area contributed by atoms with Crippen LogP contribution in [0.25, 0.3) is 0 Å². The van der Waals surface area contributed by atoms with Gasteiger partial charge in [0.2, 0.25) is 0 Å². The van der Waals surface area contributed by atoms with Gasteiger partial charge in [-0.1, -0.05) is 32.0 Å². The van der Waals surface area contributed by atoms with Crippen LogP contribution in [-0.4, -0.2) is 29.6 Å². The molecule has 0 spiro atoms. The van der Waals surface area contributed by atoms with Crippen molar-refractivity contribution in [1.29, 1.82) is 0 Å². The van der Waals surface area contributed by atoms with E-state index in [1.807, 2.05) is 32.0 Å². The molecule has 0 fully saturated rings. The molecule has 1 rings (SSSR count). The lowest BCUT2D eigenvalue weighted by Crippen LogP contribution is -2.51. The van der Waals surface area contributed by atoms with Gasteiger partial charge < -0.3 is 10.5 Å². The number of ether oxygens (including phenoxy) is 1. The molecule has 114 valence electrons. The van der Waals surface area contributed by atoms with E-state index < -0.39 is 0 Å². The molecule has 0 saturated heterocycles. The van der Waals surface area contributed by atoms with Crippen molar-refractivity contribution in [1.82, 2.24) is 4.90 Å². The summed E-state index contributed by atoms with van der Waals surface area (Å²) in [5.41, 5.74) is 7.55. The quantitative estimate of drug-likeness (QED) is 0.828. The molecule has 0 amide bonds. The molecule has 0 aliphatic carbocycles. The second-order valence-electron chi connectivity index (χ2n) is 6.01. The molecule has 0 radical (unpaired) electrons. The van der Waals surface area contributed by atoms with Crippen LogP contribution in [0.15, 0.2) is 24.3 Å². The Morgan fingerprint density at radius 3 is 2.20 bits per heavy atom.